The fourth-order valence-electron chi connectivity index (χ4n) is 1.97. The Balaban J connectivity index is 0.00000264. The third kappa shape index (κ3) is 6.97. The van der Waals surface area contributed by atoms with Gasteiger partial charge in [-0.25, -0.2) is 8.42 Å². The van der Waals surface area contributed by atoms with Gasteiger partial charge in [-0.15, -0.1) is 12.4 Å². The summed E-state index contributed by atoms with van der Waals surface area (Å²) in [6, 6.07) is 12.6. The Morgan fingerprint density at radius 1 is 1.04 bits per heavy atom. The average molecular weight is 396 g/mol. The van der Waals surface area contributed by atoms with E-state index in [1.165, 1.54) is 0 Å². The van der Waals surface area contributed by atoms with E-state index in [4.69, 9.17) is 23.2 Å². The first-order valence-corrected chi connectivity index (χ1v) is 9.19. The lowest BCUT2D eigenvalue weighted by atomic mass is 10.2. The largest absolute Gasteiger partial charge is 0.309 e. The highest BCUT2D eigenvalue weighted by Gasteiger charge is 2.04. The Kier molecular flexibility index (Phi) is 7.64. The second-order valence-electron chi connectivity index (χ2n) is 4.91. The second kappa shape index (κ2) is 8.76. The summed E-state index contributed by atoms with van der Waals surface area (Å²) in [7, 11) is -3.27. The minimum Gasteiger partial charge on any atom is -0.309 e. The molecule has 0 unspecified atom stereocenters. The first-order valence-electron chi connectivity index (χ1n) is 6.55. The van der Waals surface area contributed by atoms with Gasteiger partial charge in [-0.1, -0.05) is 41.4 Å². The molecule has 0 aromatic heterocycles. The predicted octanol–water partition coefficient (Wildman–Crippen LogP) is 4.08. The van der Waals surface area contributed by atoms with E-state index < -0.39 is 10.0 Å². The van der Waals surface area contributed by atoms with Crippen molar-refractivity contribution in [3.05, 3.63) is 63.6 Å². The van der Waals surface area contributed by atoms with Crippen LogP contribution in [0.3, 0.4) is 0 Å². The SMILES string of the molecule is CS(=O)(=O)Nc1cccc(CNCc2ccc(Cl)cc2Cl)c1.Cl. The van der Waals surface area contributed by atoms with E-state index in [-0.39, 0.29) is 12.4 Å². The molecule has 4 nitrogen and oxygen atoms in total. The molecule has 0 radical (unpaired) electrons. The van der Waals surface area contributed by atoms with Gasteiger partial charge in [0, 0.05) is 28.8 Å². The van der Waals surface area contributed by atoms with E-state index in [0.29, 0.717) is 28.8 Å². The van der Waals surface area contributed by atoms with Crippen molar-refractivity contribution >= 4 is 51.3 Å². The number of benzene rings is 2. The van der Waals surface area contributed by atoms with Crippen LogP contribution < -0.4 is 10.0 Å². The lowest BCUT2D eigenvalue weighted by molar-refractivity contribution is 0.607. The number of hydrogen-bond donors (Lipinski definition) is 2. The zero-order chi connectivity index (χ0) is 16.2. The average Bonchev–Trinajstić information content (AvgIpc) is 2.40. The van der Waals surface area contributed by atoms with Crippen LogP contribution in [0.2, 0.25) is 10.0 Å². The maximum Gasteiger partial charge on any atom is 0.229 e. The first-order chi connectivity index (χ1) is 10.3. The zero-order valence-electron chi connectivity index (χ0n) is 12.3. The van der Waals surface area contributed by atoms with Crippen molar-refractivity contribution in [2.24, 2.45) is 0 Å². The van der Waals surface area contributed by atoms with Crippen LogP contribution in [-0.2, 0) is 23.1 Å². The minimum absolute atomic E-state index is 0. The standard InChI is InChI=1S/C15H16Cl2N2O2S.ClH/c1-22(20,21)19-14-4-2-3-11(7-14)9-18-10-12-5-6-13(16)8-15(12)17;/h2-8,18-19H,9-10H2,1H3;1H. The van der Waals surface area contributed by atoms with E-state index in [1.807, 2.05) is 12.1 Å². The molecule has 0 aliphatic carbocycles. The third-order valence-corrected chi connectivity index (χ3v) is 4.08. The highest BCUT2D eigenvalue weighted by molar-refractivity contribution is 7.92. The van der Waals surface area contributed by atoms with Gasteiger partial charge < -0.3 is 5.32 Å². The summed E-state index contributed by atoms with van der Waals surface area (Å²) in [5.41, 5.74) is 2.47. The van der Waals surface area contributed by atoms with Crippen molar-refractivity contribution in [1.82, 2.24) is 5.32 Å². The van der Waals surface area contributed by atoms with Crippen molar-refractivity contribution in [2.45, 2.75) is 13.1 Å². The molecule has 0 heterocycles. The fraction of sp³-hybridized carbons (Fsp3) is 0.200. The molecule has 2 aromatic carbocycles. The van der Waals surface area contributed by atoms with Crippen LogP contribution in [0.15, 0.2) is 42.5 Å². The Hall–Kier alpha value is -0.980. The van der Waals surface area contributed by atoms with Crippen LogP contribution >= 0.6 is 35.6 Å². The molecule has 0 fully saturated rings. The van der Waals surface area contributed by atoms with Crippen molar-refractivity contribution in [1.29, 1.82) is 0 Å². The summed E-state index contributed by atoms with van der Waals surface area (Å²) < 4.78 is 24.9. The molecule has 0 aliphatic heterocycles. The topological polar surface area (TPSA) is 58.2 Å². The molecule has 0 spiro atoms. The van der Waals surface area contributed by atoms with Gasteiger partial charge in [0.1, 0.15) is 0 Å². The van der Waals surface area contributed by atoms with Gasteiger partial charge >= 0.3 is 0 Å². The summed E-state index contributed by atoms with van der Waals surface area (Å²) in [4.78, 5) is 0. The van der Waals surface area contributed by atoms with E-state index >= 15 is 0 Å². The maximum absolute atomic E-state index is 11.2. The van der Waals surface area contributed by atoms with Gasteiger partial charge in [-0.05, 0) is 35.4 Å². The molecule has 2 rings (SSSR count). The molecule has 0 aliphatic rings. The monoisotopic (exact) mass is 394 g/mol. The van der Waals surface area contributed by atoms with Crippen molar-refractivity contribution in [2.75, 3.05) is 11.0 Å². The second-order valence-corrected chi connectivity index (χ2v) is 7.51. The van der Waals surface area contributed by atoms with Crippen molar-refractivity contribution < 1.29 is 8.42 Å². The molecule has 2 aromatic rings. The van der Waals surface area contributed by atoms with Gasteiger partial charge in [-0.3, -0.25) is 4.72 Å². The van der Waals surface area contributed by atoms with Crippen LogP contribution in [0.25, 0.3) is 0 Å². The highest BCUT2D eigenvalue weighted by atomic mass is 35.5. The van der Waals surface area contributed by atoms with Gasteiger partial charge in [0.2, 0.25) is 10.0 Å². The van der Waals surface area contributed by atoms with E-state index in [9.17, 15) is 8.42 Å². The molecule has 0 amide bonds. The van der Waals surface area contributed by atoms with Crippen LogP contribution in [0.1, 0.15) is 11.1 Å². The Labute approximate surface area is 152 Å². The van der Waals surface area contributed by atoms with E-state index in [0.717, 1.165) is 17.4 Å². The molecule has 8 heteroatoms. The van der Waals surface area contributed by atoms with Gasteiger partial charge in [0.05, 0.1) is 6.26 Å². The lowest BCUT2D eigenvalue weighted by Gasteiger charge is -2.09. The maximum atomic E-state index is 11.2. The van der Waals surface area contributed by atoms with Crippen LogP contribution in [0.4, 0.5) is 5.69 Å². The van der Waals surface area contributed by atoms with Gasteiger partial charge in [0.25, 0.3) is 0 Å². The van der Waals surface area contributed by atoms with E-state index in [1.54, 1.807) is 30.3 Å². The lowest BCUT2D eigenvalue weighted by Crippen LogP contribution is -2.14. The number of anilines is 1. The minimum atomic E-state index is -3.27. The number of hydrogen-bond acceptors (Lipinski definition) is 3. The summed E-state index contributed by atoms with van der Waals surface area (Å²) in [6.45, 7) is 1.19. The molecule has 0 bridgehead atoms. The summed E-state index contributed by atoms with van der Waals surface area (Å²) in [6.07, 6.45) is 1.13. The van der Waals surface area contributed by atoms with Crippen molar-refractivity contribution in [3.63, 3.8) is 0 Å². The normalized spacial score (nSPS) is 10.9. The molecule has 0 saturated heterocycles. The molecule has 0 atom stereocenters. The predicted molar refractivity (Wildman–Crippen MR) is 99.2 cm³/mol. The molecular formula is C15H17Cl3N2O2S. The van der Waals surface area contributed by atoms with Crippen molar-refractivity contribution in [3.8, 4) is 0 Å². The Bertz CT molecular complexity index is 767. The third-order valence-electron chi connectivity index (χ3n) is 2.89. The zero-order valence-corrected chi connectivity index (χ0v) is 15.5. The van der Waals surface area contributed by atoms with Gasteiger partial charge in [0.15, 0.2) is 0 Å². The smallest absolute Gasteiger partial charge is 0.229 e. The summed E-state index contributed by atoms with van der Waals surface area (Å²) in [5.74, 6) is 0. The molecular weight excluding hydrogens is 379 g/mol. The molecule has 23 heavy (non-hydrogen) atoms. The number of sulfonamides is 1. The quantitative estimate of drug-likeness (QED) is 0.775. The molecule has 0 saturated carbocycles. The fourth-order valence-corrected chi connectivity index (χ4v) is 3.00. The van der Waals surface area contributed by atoms with Gasteiger partial charge in [-0.2, -0.15) is 0 Å². The number of nitrogens with one attached hydrogen (secondary N) is 2. The van der Waals surface area contributed by atoms with Crippen LogP contribution in [0, 0.1) is 0 Å². The van der Waals surface area contributed by atoms with Crippen LogP contribution in [-0.4, -0.2) is 14.7 Å². The summed E-state index contributed by atoms with van der Waals surface area (Å²) in [5, 5.41) is 4.49. The van der Waals surface area contributed by atoms with Crippen LogP contribution in [0.5, 0.6) is 0 Å². The number of rotatable bonds is 6. The van der Waals surface area contributed by atoms with E-state index in [2.05, 4.69) is 10.0 Å². The first kappa shape index (κ1) is 20.1. The highest BCUT2D eigenvalue weighted by Crippen LogP contribution is 2.21. The Morgan fingerprint density at radius 3 is 2.43 bits per heavy atom. The molecule has 126 valence electrons. The number of halogens is 3. The summed E-state index contributed by atoms with van der Waals surface area (Å²) >= 11 is 12.0. The Morgan fingerprint density at radius 2 is 1.78 bits per heavy atom. The molecule has 2 N–H and O–H groups in total.